The summed E-state index contributed by atoms with van der Waals surface area (Å²) in [5.41, 5.74) is 8.56. The molecule has 4 aromatic rings. The fourth-order valence-electron chi connectivity index (χ4n) is 5.52. The number of hydrogen-bond acceptors (Lipinski definition) is 9. The van der Waals surface area contributed by atoms with Crippen molar-refractivity contribution < 1.29 is 14.7 Å². The zero-order valence-corrected chi connectivity index (χ0v) is 22.1. The van der Waals surface area contributed by atoms with Gasteiger partial charge in [0.05, 0.1) is 35.8 Å². The Morgan fingerprint density at radius 1 is 1.18 bits per heavy atom. The Morgan fingerprint density at radius 3 is 2.50 bits per heavy atom. The third-order valence-electron chi connectivity index (χ3n) is 7.00. The topological polar surface area (TPSA) is 173 Å². The van der Waals surface area contributed by atoms with E-state index in [1.807, 2.05) is 20.0 Å². The van der Waals surface area contributed by atoms with Crippen LogP contribution >= 0.6 is 0 Å². The lowest BCUT2D eigenvalue weighted by atomic mass is 9.82. The quantitative estimate of drug-likeness (QED) is 0.322. The molecule has 200 valence electrons. The summed E-state index contributed by atoms with van der Waals surface area (Å²) in [6.07, 6.45) is 7.75. The van der Waals surface area contributed by atoms with Gasteiger partial charge in [-0.15, -0.1) is 10.2 Å². The number of rotatable bonds is 6. The third kappa shape index (κ3) is 4.53. The van der Waals surface area contributed by atoms with Gasteiger partial charge in [0.1, 0.15) is 12.1 Å². The molecule has 0 saturated carbocycles. The Morgan fingerprint density at radius 2 is 1.89 bits per heavy atom. The van der Waals surface area contributed by atoms with E-state index in [1.165, 1.54) is 17.8 Å². The summed E-state index contributed by atoms with van der Waals surface area (Å²) in [5.74, 6) is -0.0811. The number of H-pyrrole nitrogens is 1. The van der Waals surface area contributed by atoms with Crippen molar-refractivity contribution in [3.63, 3.8) is 0 Å². The van der Waals surface area contributed by atoms with Crippen molar-refractivity contribution in [3.05, 3.63) is 42.0 Å². The second kappa shape index (κ2) is 9.31. The predicted molar refractivity (Wildman–Crippen MR) is 138 cm³/mol. The van der Waals surface area contributed by atoms with Crippen LogP contribution in [0.25, 0.3) is 16.8 Å². The van der Waals surface area contributed by atoms with Gasteiger partial charge in [0.25, 0.3) is 5.91 Å². The van der Waals surface area contributed by atoms with E-state index in [0.717, 1.165) is 5.56 Å². The van der Waals surface area contributed by atoms with Crippen LogP contribution in [0.5, 0.6) is 0 Å². The molecule has 1 aliphatic heterocycles. The van der Waals surface area contributed by atoms with E-state index in [2.05, 4.69) is 25.4 Å². The molecular formula is C25H32N10O3. The molecule has 0 aromatic carbocycles. The SMILES string of the molecule is CC(=O)c1c([C@@H]2CC(C)N(C(=O)c3nnc[nH]3)[C@@H](C)C2)nc2c(-c3cnn(CC(C)(C)O)c3)cnn2c1N. The van der Waals surface area contributed by atoms with Crippen LogP contribution in [0.15, 0.2) is 24.9 Å². The number of carbonyl (C=O) groups is 2. The highest BCUT2D eigenvalue weighted by atomic mass is 16.3. The fourth-order valence-corrected chi connectivity index (χ4v) is 5.52. The molecule has 13 nitrogen and oxygen atoms in total. The summed E-state index contributed by atoms with van der Waals surface area (Å²) in [6.45, 7) is 9.19. The van der Waals surface area contributed by atoms with Gasteiger partial charge in [-0.2, -0.15) is 14.7 Å². The van der Waals surface area contributed by atoms with E-state index < -0.39 is 5.60 Å². The number of ketones is 1. The van der Waals surface area contributed by atoms with Crippen molar-refractivity contribution >= 4 is 23.2 Å². The zero-order chi connectivity index (χ0) is 27.4. The maximum Gasteiger partial charge on any atom is 0.292 e. The first-order chi connectivity index (χ1) is 17.9. The summed E-state index contributed by atoms with van der Waals surface area (Å²) < 4.78 is 3.15. The van der Waals surface area contributed by atoms with Crippen molar-refractivity contribution in [1.29, 1.82) is 0 Å². The van der Waals surface area contributed by atoms with Crippen LogP contribution < -0.4 is 5.73 Å². The Labute approximate surface area is 219 Å². The number of nitrogens with zero attached hydrogens (tertiary/aromatic N) is 8. The second-order valence-electron chi connectivity index (χ2n) is 10.8. The van der Waals surface area contributed by atoms with Crippen molar-refractivity contribution in [1.82, 2.24) is 44.5 Å². The van der Waals surface area contributed by atoms with E-state index in [4.69, 9.17) is 10.7 Å². The molecule has 1 unspecified atom stereocenters. The van der Waals surface area contributed by atoms with Gasteiger partial charge in [-0.1, -0.05) is 0 Å². The molecule has 4 aromatic heterocycles. The normalized spacial score (nSPS) is 20.3. The first-order valence-corrected chi connectivity index (χ1v) is 12.6. The Kier molecular flexibility index (Phi) is 6.25. The molecule has 3 atom stereocenters. The molecule has 13 heteroatoms. The molecule has 1 saturated heterocycles. The van der Waals surface area contributed by atoms with Crippen LogP contribution in [-0.4, -0.2) is 78.9 Å². The number of Topliss-reactive ketones (excluding diaryl/α,β-unsaturated/α-hetero) is 1. The molecule has 1 amide bonds. The van der Waals surface area contributed by atoms with Crippen LogP contribution in [0.3, 0.4) is 0 Å². The lowest BCUT2D eigenvalue weighted by Crippen LogP contribution is -2.50. The molecule has 4 N–H and O–H groups in total. The van der Waals surface area contributed by atoms with Crippen LogP contribution in [0.1, 0.15) is 80.0 Å². The molecule has 0 spiro atoms. The van der Waals surface area contributed by atoms with Crippen LogP contribution in [-0.2, 0) is 6.54 Å². The number of carbonyl (C=O) groups excluding carboxylic acids is 2. The first kappa shape index (κ1) is 25.5. The van der Waals surface area contributed by atoms with Gasteiger partial charge in [-0.25, -0.2) is 4.98 Å². The molecule has 5 heterocycles. The van der Waals surface area contributed by atoms with Crippen molar-refractivity contribution in [3.8, 4) is 11.1 Å². The van der Waals surface area contributed by atoms with Crippen molar-refractivity contribution in [2.45, 2.75) is 77.6 Å². The largest absolute Gasteiger partial charge is 0.389 e. The number of nitrogen functional groups attached to an aromatic ring is 1. The number of aromatic nitrogens is 8. The number of anilines is 1. The number of aliphatic hydroxyl groups is 1. The number of aromatic amines is 1. The summed E-state index contributed by atoms with van der Waals surface area (Å²) in [6, 6.07) is -0.269. The Hall–Kier alpha value is -4.13. The maximum atomic E-state index is 13.1. The Balaban J connectivity index is 1.53. The summed E-state index contributed by atoms with van der Waals surface area (Å²) in [5, 5.41) is 26.6. The van der Waals surface area contributed by atoms with Crippen molar-refractivity contribution in [2.24, 2.45) is 0 Å². The summed E-state index contributed by atoms with van der Waals surface area (Å²) in [4.78, 5) is 35.4. The second-order valence-corrected chi connectivity index (χ2v) is 10.8. The number of piperidine rings is 1. The van der Waals surface area contributed by atoms with E-state index in [-0.39, 0.29) is 41.3 Å². The summed E-state index contributed by atoms with van der Waals surface area (Å²) >= 11 is 0. The number of likely N-dealkylation sites (tertiary alicyclic amines) is 1. The number of nitrogens with one attached hydrogen (secondary N) is 1. The van der Waals surface area contributed by atoms with E-state index in [9.17, 15) is 14.7 Å². The smallest absolute Gasteiger partial charge is 0.292 e. The highest BCUT2D eigenvalue weighted by molar-refractivity contribution is 6.00. The molecule has 1 fully saturated rings. The average molecular weight is 521 g/mol. The molecule has 0 radical (unpaired) electrons. The monoisotopic (exact) mass is 520 g/mol. The minimum absolute atomic E-state index is 0.106. The highest BCUT2D eigenvalue weighted by Gasteiger charge is 2.38. The standard InChI is InChI=1S/C25H32N10O3/c1-13-6-16(7-14(2)34(13)24(37)22-27-12-28-32-22)20-19(15(3)36)21(26)35-23(31-20)18(9-30-35)17-8-29-33(10-17)11-25(4,5)38/h8-10,12-14,16,38H,6-7,11,26H2,1-5H3,(H,27,28,32)/t13-,14?,16-/m0/s1. The van der Waals surface area contributed by atoms with Gasteiger partial charge in [0.15, 0.2) is 11.4 Å². The van der Waals surface area contributed by atoms with Crippen LogP contribution in [0, 0.1) is 0 Å². The number of amides is 1. The molecule has 0 bridgehead atoms. The maximum absolute atomic E-state index is 13.1. The van der Waals surface area contributed by atoms with Crippen LogP contribution in [0.4, 0.5) is 5.82 Å². The lowest BCUT2D eigenvalue weighted by molar-refractivity contribution is 0.0462. The van der Waals surface area contributed by atoms with Gasteiger partial charge in [0, 0.05) is 35.3 Å². The Bertz CT molecular complexity index is 1490. The fraction of sp³-hybridized carbons (Fsp3) is 0.480. The van der Waals surface area contributed by atoms with Crippen molar-refractivity contribution in [2.75, 3.05) is 5.73 Å². The average Bonchev–Trinajstić information content (AvgIpc) is 3.58. The van der Waals surface area contributed by atoms with E-state index >= 15 is 0 Å². The van der Waals surface area contributed by atoms with Gasteiger partial charge in [-0.3, -0.25) is 14.3 Å². The molecule has 5 rings (SSSR count). The molecule has 0 aliphatic carbocycles. The highest BCUT2D eigenvalue weighted by Crippen LogP contribution is 2.39. The van der Waals surface area contributed by atoms with E-state index in [0.29, 0.717) is 41.9 Å². The number of hydrogen-bond donors (Lipinski definition) is 3. The molecule has 1 aliphatic rings. The number of fused-ring (bicyclic) bond motifs is 1. The van der Waals surface area contributed by atoms with E-state index in [1.54, 1.807) is 35.8 Å². The number of nitrogens with two attached hydrogens (primary N) is 1. The molecule has 38 heavy (non-hydrogen) atoms. The van der Waals surface area contributed by atoms with Gasteiger partial charge < -0.3 is 20.7 Å². The minimum atomic E-state index is -0.923. The minimum Gasteiger partial charge on any atom is -0.389 e. The van der Waals surface area contributed by atoms with Gasteiger partial charge >= 0.3 is 0 Å². The first-order valence-electron chi connectivity index (χ1n) is 12.6. The zero-order valence-electron chi connectivity index (χ0n) is 22.1. The van der Waals surface area contributed by atoms with Crippen LogP contribution in [0.2, 0.25) is 0 Å². The van der Waals surface area contributed by atoms with Gasteiger partial charge in [0.2, 0.25) is 5.82 Å². The molecular weight excluding hydrogens is 488 g/mol. The van der Waals surface area contributed by atoms with Gasteiger partial charge in [-0.05, 0) is 47.5 Å². The lowest BCUT2D eigenvalue weighted by Gasteiger charge is -2.42. The summed E-state index contributed by atoms with van der Waals surface area (Å²) in [7, 11) is 0. The third-order valence-corrected chi connectivity index (χ3v) is 7.00. The predicted octanol–water partition coefficient (Wildman–Crippen LogP) is 2.06.